The molecule has 1 heterocycles. The van der Waals surface area contributed by atoms with Crippen LogP contribution in [0.15, 0.2) is 48.0 Å². The third kappa shape index (κ3) is 5.19. The number of nitrogens with zero attached hydrogens (tertiary/aromatic N) is 3. The molecular weight excluding hydrogens is 410 g/mol. The lowest BCUT2D eigenvalue weighted by atomic mass is 9.99. The van der Waals surface area contributed by atoms with Gasteiger partial charge in [-0.15, -0.1) is 0 Å². The van der Waals surface area contributed by atoms with Gasteiger partial charge in [-0.1, -0.05) is 18.2 Å². The van der Waals surface area contributed by atoms with Gasteiger partial charge in [0.1, 0.15) is 0 Å². The van der Waals surface area contributed by atoms with Crippen molar-refractivity contribution in [1.29, 1.82) is 5.26 Å². The summed E-state index contributed by atoms with van der Waals surface area (Å²) in [6, 6.07) is 13.5. The second-order valence-corrected chi connectivity index (χ2v) is 7.33. The summed E-state index contributed by atoms with van der Waals surface area (Å²) < 4.78 is 4.93. The summed E-state index contributed by atoms with van der Waals surface area (Å²) >= 11 is 0. The van der Waals surface area contributed by atoms with Gasteiger partial charge in [-0.3, -0.25) is 14.9 Å². The molecule has 0 spiro atoms. The Morgan fingerprint density at radius 1 is 1.16 bits per heavy atom. The quantitative estimate of drug-likeness (QED) is 0.277. The molecule has 8 heteroatoms. The van der Waals surface area contributed by atoms with E-state index in [4.69, 9.17) is 10.00 Å². The van der Waals surface area contributed by atoms with Crippen LogP contribution in [0.4, 0.5) is 5.69 Å². The summed E-state index contributed by atoms with van der Waals surface area (Å²) in [5, 5.41) is 20.6. The highest BCUT2D eigenvalue weighted by Gasteiger charge is 2.20. The first-order chi connectivity index (χ1) is 15.4. The monoisotopic (exact) mass is 433 g/mol. The molecule has 8 nitrogen and oxygen atoms in total. The van der Waals surface area contributed by atoms with Crippen molar-refractivity contribution in [3.05, 3.63) is 69.3 Å². The molecule has 0 unspecified atom stereocenters. The average molecular weight is 433 g/mol. The van der Waals surface area contributed by atoms with E-state index in [1.165, 1.54) is 18.2 Å². The van der Waals surface area contributed by atoms with Gasteiger partial charge in [-0.25, -0.2) is 4.79 Å². The first kappa shape index (κ1) is 22.7. The minimum atomic E-state index is -0.675. The molecule has 0 aliphatic carbocycles. The van der Waals surface area contributed by atoms with Crippen LogP contribution in [0.2, 0.25) is 0 Å². The molecule has 32 heavy (non-hydrogen) atoms. The third-order valence-corrected chi connectivity index (χ3v) is 5.22. The van der Waals surface area contributed by atoms with Crippen molar-refractivity contribution in [3.8, 4) is 17.2 Å². The van der Waals surface area contributed by atoms with E-state index in [0.717, 1.165) is 31.5 Å². The molecule has 0 N–H and O–H groups in total. The van der Waals surface area contributed by atoms with Gasteiger partial charge in [0.15, 0.2) is 0 Å². The largest absolute Gasteiger partial charge is 0.463 e. The predicted molar refractivity (Wildman–Crippen MR) is 119 cm³/mol. The Labute approximate surface area is 185 Å². The smallest absolute Gasteiger partial charge is 0.335 e. The van der Waals surface area contributed by atoms with Gasteiger partial charge in [0.25, 0.3) is 11.6 Å². The number of esters is 1. The van der Waals surface area contributed by atoms with Crippen LogP contribution in [0.25, 0.3) is 17.2 Å². The molecular formula is C24H23N3O5. The lowest BCUT2D eigenvalue weighted by molar-refractivity contribution is -0.385. The summed E-state index contributed by atoms with van der Waals surface area (Å²) in [4.78, 5) is 37.5. The topological polar surface area (TPSA) is 114 Å². The van der Waals surface area contributed by atoms with Gasteiger partial charge in [0, 0.05) is 24.7 Å². The summed E-state index contributed by atoms with van der Waals surface area (Å²) in [7, 11) is 0. The van der Waals surface area contributed by atoms with Gasteiger partial charge in [-0.2, -0.15) is 5.26 Å². The van der Waals surface area contributed by atoms with Crippen LogP contribution in [-0.2, 0) is 9.53 Å². The fraction of sp³-hybridized carbons (Fsp3) is 0.292. The van der Waals surface area contributed by atoms with Crippen LogP contribution in [0.5, 0.6) is 0 Å². The number of likely N-dealkylation sites (tertiary alicyclic amines) is 1. The Morgan fingerprint density at radius 3 is 2.41 bits per heavy atom. The zero-order chi connectivity index (χ0) is 23.1. The Hall–Kier alpha value is -3.99. The Bertz CT molecular complexity index is 1090. The molecule has 3 rings (SSSR count). The number of benzene rings is 2. The zero-order valence-electron chi connectivity index (χ0n) is 17.7. The third-order valence-electron chi connectivity index (χ3n) is 5.22. The molecule has 0 aromatic heterocycles. The molecule has 1 aliphatic heterocycles. The number of nitro benzene ring substituents is 1. The fourth-order valence-corrected chi connectivity index (χ4v) is 3.59. The van der Waals surface area contributed by atoms with Crippen LogP contribution in [-0.4, -0.2) is 41.4 Å². The van der Waals surface area contributed by atoms with E-state index in [9.17, 15) is 19.7 Å². The number of hydrogen-bond donors (Lipinski definition) is 0. The molecule has 2 aromatic rings. The standard InChI is InChI=1S/C24H23N3O5/c1-2-32-24(29)21(11-12-25)15-20-10-9-19(16-22(20)27(30)31)17-5-7-18(8-6-17)23(28)26-13-3-4-14-26/h5-10,15-16H,2-4,11,13-14H2,1H3. The minimum Gasteiger partial charge on any atom is -0.463 e. The molecule has 0 radical (unpaired) electrons. The first-order valence-electron chi connectivity index (χ1n) is 10.4. The molecule has 1 amide bonds. The van der Waals surface area contributed by atoms with E-state index in [1.54, 1.807) is 37.3 Å². The van der Waals surface area contributed by atoms with Crippen molar-refractivity contribution < 1.29 is 19.2 Å². The first-order valence-corrected chi connectivity index (χ1v) is 10.4. The summed E-state index contributed by atoms with van der Waals surface area (Å²) in [5.41, 5.74) is 1.98. The summed E-state index contributed by atoms with van der Waals surface area (Å²) in [6.45, 7) is 3.31. The number of nitro groups is 1. The summed E-state index contributed by atoms with van der Waals surface area (Å²) in [5.74, 6) is -0.685. The highest BCUT2D eigenvalue weighted by Crippen LogP contribution is 2.30. The highest BCUT2D eigenvalue weighted by molar-refractivity contribution is 5.96. The SMILES string of the molecule is CCOC(=O)C(=Cc1ccc(-c2ccc(C(=O)N3CCCC3)cc2)cc1[N+](=O)[O-])CC#N. The number of ether oxygens (including phenoxy) is 1. The van der Waals surface area contributed by atoms with Crippen LogP contribution in [0.1, 0.15) is 42.1 Å². The molecule has 164 valence electrons. The maximum atomic E-state index is 12.5. The van der Waals surface area contributed by atoms with E-state index in [2.05, 4.69) is 0 Å². The Balaban J connectivity index is 1.91. The summed E-state index contributed by atoms with van der Waals surface area (Å²) in [6.07, 6.45) is 3.13. The van der Waals surface area contributed by atoms with Crippen molar-refractivity contribution in [2.45, 2.75) is 26.2 Å². The Morgan fingerprint density at radius 2 is 1.81 bits per heavy atom. The molecule has 2 aromatic carbocycles. The fourth-order valence-electron chi connectivity index (χ4n) is 3.59. The molecule has 0 atom stereocenters. The van der Waals surface area contributed by atoms with Gasteiger partial charge < -0.3 is 9.64 Å². The second-order valence-electron chi connectivity index (χ2n) is 7.33. The van der Waals surface area contributed by atoms with Crippen molar-refractivity contribution in [2.24, 2.45) is 0 Å². The minimum absolute atomic E-state index is 0.00972. The maximum absolute atomic E-state index is 12.5. The van der Waals surface area contributed by atoms with Gasteiger partial charge in [0.05, 0.1) is 35.2 Å². The lowest BCUT2D eigenvalue weighted by Crippen LogP contribution is -2.27. The Kier molecular flexibility index (Phi) is 7.34. The van der Waals surface area contributed by atoms with Gasteiger partial charge in [0.2, 0.25) is 0 Å². The van der Waals surface area contributed by atoms with Crippen LogP contribution in [0, 0.1) is 21.4 Å². The van der Waals surface area contributed by atoms with Gasteiger partial charge in [-0.05, 0) is 55.2 Å². The maximum Gasteiger partial charge on any atom is 0.335 e. The van der Waals surface area contributed by atoms with Crippen LogP contribution >= 0.6 is 0 Å². The van der Waals surface area contributed by atoms with Crippen molar-refractivity contribution >= 4 is 23.6 Å². The predicted octanol–water partition coefficient (Wildman–Crippen LogP) is 4.36. The van der Waals surface area contributed by atoms with Crippen molar-refractivity contribution in [3.63, 3.8) is 0 Å². The molecule has 1 fully saturated rings. The van der Waals surface area contributed by atoms with Crippen LogP contribution in [0.3, 0.4) is 0 Å². The zero-order valence-corrected chi connectivity index (χ0v) is 17.7. The number of amides is 1. The van der Waals surface area contributed by atoms with E-state index in [1.807, 2.05) is 11.0 Å². The number of carbonyl (C=O) groups is 2. The number of hydrogen-bond acceptors (Lipinski definition) is 6. The molecule has 1 aliphatic rings. The molecule has 0 bridgehead atoms. The van der Waals surface area contributed by atoms with E-state index >= 15 is 0 Å². The van der Waals surface area contributed by atoms with Gasteiger partial charge >= 0.3 is 5.97 Å². The lowest BCUT2D eigenvalue weighted by Gasteiger charge is -2.15. The van der Waals surface area contributed by atoms with Crippen molar-refractivity contribution in [1.82, 2.24) is 4.90 Å². The normalized spacial score (nSPS) is 13.5. The highest BCUT2D eigenvalue weighted by atomic mass is 16.6. The second kappa shape index (κ2) is 10.4. The van der Waals surface area contributed by atoms with Crippen molar-refractivity contribution in [2.75, 3.05) is 19.7 Å². The molecule has 0 saturated carbocycles. The number of rotatable bonds is 7. The molecule has 1 saturated heterocycles. The number of carbonyl (C=O) groups excluding carboxylic acids is 2. The number of nitriles is 1. The van der Waals surface area contributed by atoms with E-state index in [0.29, 0.717) is 11.1 Å². The van der Waals surface area contributed by atoms with E-state index in [-0.39, 0.29) is 35.8 Å². The van der Waals surface area contributed by atoms with E-state index < -0.39 is 10.9 Å². The van der Waals surface area contributed by atoms with Crippen LogP contribution < -0.4 is 0 Å². The average Bonchev–Trinajstić information content (AvgIpc) is 3.33.